The van der Waals surface area contributed by atoms with Gasteiger partial charge in [0.15, 0.2) is 0 Å². The predicted octanol–water partition coefficient (Wildman–Crippen LogP) is 3.50. The first-order valence-electron chi connectivity index (χ1n) is 6.42. The second-order valence-corrected chi connectivity index (χ2v) is 6.74. The molecular weight excluding hydrogens is 308 g/mol. The lowest BCUT2D eigenvalue weighted by molar-refractivity contribution is 0.686. The van der Waals surface area contributed by atoms with Crippen molar-refractivity contribution in [3.05, 3.63) is 28.2 Å². The molecule has 100 valence electrons. The molecule has 1 aliphatic rings. The van der Waals surface area contributed by atoms with Crippen molar-refractivity contribution in [3.63, 3.8) is 0 Å². The molecule has 1 aromatic carbocycles. The molecule has 1 fully saturated rings. The van der Waals surface area contributed by atoms with E-state index in [0.29, 0.717) is 0 Å². The Bertz CT molecular complexity index is 393. The van der Waals surface area contributed by atoms with E-state index in [2.05, 4.69) is 57.6 Å². The smallest absolute Gasteiger partial charge is 0.0420 e. The van der Waals surface area contributed by atoms with Gasteiger partial charge in [0, 0.05) is 42.1 Å². The summed E-state index contributed by atoms with van der Waals surface area (Å²) in [6.45, 7) is 2.07. The molecule has 0 aromatic heterocycles. The molecule has 0 spiro atoms. The number of nitrogens with one attached hydrogen (secondary N) is 1. The Labute approximate surface area is 123 Å². The minimum Gasteiger partial charge on any atom is -0.373 e. The van der Waals surface area contributed by atoms with Gasteiger partial charge in [0.05, 0.1) is 0 Å². The van der Waals surface area contributed by atoms with Crippen molar-refractivity contribution < 1.29 is 0 Å². The van der Waals surface area contributed by atoms with Crippen LogP contribution >= 0.6 is 27.7 Å². The molecule has 4 heteroatoms. The molecule has 2 nitrogen and oxygen atoms in total. The molecule has 0 radical (unpaired) electrons. The van der Waals surface area contributed by atoms with Crippen LogP contribution in [-0.4, -0.2) is 31.6 Å². The van der Waals surface area contributed by atoms with Gasteiger partial charge in [-0.1, -0.05) is 22.0 Å². The summed E-state index contributed by atoms with van der Waals surface area (Å²) in [6, 6.07) is 7.35. The van der Waals surface area contributed by atoms with Crippen LogP contribution in [0.3, 0.4) is 0 Å². The van der Waals surface area contributed by atoms with Gasteiger partial charge >= 0.3 is 0 Å². The topological polar surface area (TPSA) is 15.3 Å². The number of rotatable bonds is 7. The van der Waals surface area contributed by atoms with Gasteiger partial charge in [-0.05, 0) is 36.8 Å². The van der Waals surface area contributed by atoms with E-state index in [0.717, 1.165) is 23.6 Å². The number of benzene rings is 1. The summed E-state index contributed by atoms with van der Waals surface area (Å²) in [5.41, 5.74) is 2.74. The quantitative estimate of drug-likeness (QED) is 0.824. The standard InChI is InChI=1S/C14H21BrN2S/c1-17(7-8-18-2)14-9-12(15)4-3-11(14)10-16-13-5-6-13/h3-4,9,13,16H,5-8,10H2,1-2H3. The highest BCUT2D eigenvalue weighted by molar-refractivity contribution is 9.10. The number of hydrogen-bond acceptors (Lipinski definition) is 3. The van der Waals surface area contributed by atoms with Crippen molar-refractivity contribution in [2.24, 2.45) is 0 Å². The molecule has 1 aromatic rings. The molecule has 18 heavy (non-hydrogen) atoms. The van der Waals surface area contributed by atoms with E-state index in [9.17, 15) is 0 Å². The van der Waals surface area contributed by atoms with E-state index in [1.54, 1.807) is 0 Å². The van der Waals surface area contributed by atoms with Gasteiger partial charge in [-0.3, -0.25) is 0 Å². The first kappa shape index (κ1) is 14.2. The van der Waals surface area contributed by atoms with Crippen molar-refractivity contribution in [1.29, 1.82) is 0 Å². The zero-order valence-corrected chi connectivity index (χ0v) is 13.5. The van der Waals surface area contributed by atoms with E-state index < -0.39 is 0 Å². The van der Waals surface area contributed by atoms with E-state index >= 15 is 0 Å². The lowest BCUT2D eigenvalue weighted by Crippen LogP contribution is -2.24. The molecule has 0 atom stereocenters. The van der Waals surface area contributed by atoms with Crippen LogP contribution in [0.4, 0.5) is 5.69 Å². The third-order valence-electron chi connectivity index (χ3n) is 3.25. The van der Waals surface area contributed by atoms with E-state index in [4.69, 9.17) is 0 Å². The van der Waals surface area contributed by atoms with E-state index in [1.807, 2.05) is 11.8 Å². The van der Waals surface area contributed by atoms with Crippen LogP contribution in [0.15, 0.2) is 22.7 Å². The van der Waals surface area contributed by atoms with Gasteiger partial charge in [-0.2, -0.15) is 11.8 Å². The van der Waals surface area contributed by atoms with Crippen LogP contribution < -0.4 is 10.2 Å². The lowest BCUT2D eigenvalue weighted by Gasteiger charge is -2.23. The summed E-state index contributed by atoms with van der Waals surface area (Å²) in [4.78, 5) is 2.35. The number of halogens is 1. The first-order chi connectivity index (χ1) is 8.70. The molecule has 1 aliphatic carbocycles. The number of nitrogens with zero attached hydrogens (tertiary/aromatic N) is 1. The molecule has 2 rings (SSSR count). The van der Waals surface area contributed by atoms with Gasteiger partial charge in [-0.15, -0.1) is 0 Å². The fourth-order valence-corrected chi connectivity index (χ4v) is 2.74. The Hall–Kier alpha value is -0.190. The van der Waals surface area contributed by atoms with Crippen LogP contribution in [0, 0.1) is 0 Å². The number of thioether (sulfide) groups is 1. The van der Waals surface area contributed by atoms with Gasteiger partial charge in [0.25, 0.3) is 0 Å². The van der Waals surface area contributed by atoms with Crippen LogP contribution in [0.1, 0.15) is 18.4 Å². The second kappa shape index (κ2) is 6.83. The first-order valence-corrected chi connectivity index (χ1v) is 8.61. The van der Waals surface area contributed by atoms with Crippen LogP contribution in [-0.2, 0) is 6.54 Å². The molecule has 0 heterocycles. The highest BCUT2D eigenvalue weighted by Gasteiger charge is 2.20. The Morgan fingerprint density at radius 2 is 2.22 bits per heavy atom. The van der Waals surface area contributed by atoms with E-state index in [1.165, 1.54) is 29.8 Å². The van der Waals surface area contributed by atoms with Gasteiger partial charge < -0.3 is 10.2 Å². The maximum atomic E-state index is 3.60. The molecule has 0 amide bonds. The molecule has 0 bridgehead atoms. The largest absolute Gasteiger partial charge is 0.373 e. The van der Waals surface area contributed by atoms with Crippen molar-refractivity contribution in [2.75, 3.05) is 30.5 Å². The molecule has 0 aliphatic heterocycles. The minimum atomic E-state index is 0.762. The number of hydrogen-bond donors (Lipinski definition) is 1. The normalized spacial score (nSPS) is 14.8. The number of anilines is 1. The predicted molar refractivity (Wildman–Crippen MR) is 85.7 cm³/mol. The summed E-state index contributed by atoms with van der Waals surface area (Å²) in [6.07, 6.45) is 4.84. The van der Waals surface area contributed by atoms with Gasteiger partial charge in [-0.25, -0.2) is 0 Å². The minimum absolute atomic E-state index is 0.762. The SMILES string of the molecule is CSCCN(C)c1cc(Br)ccc1CNC1CC1. The van der Waals surface area contributed by atoms with Gasteiger partial charge in [0.2, 0.25) is 0 Å². The highest BCUT2D eigenvalue weighted by Crippen LogP contribution is 2.26. The van der Waals surface area contributed by atoms with E-state index in [-0.39, 0.29) is 0 Å². The summed E-state index contributed by atoms with van der Waals surface area (Å²) in [5.74, 6) is 1.17. The molecule has 0 unspecified atom stereocenters. The lowest BCUT2D eigenvalue weighted by atomic mass is 10.1. The zero-order valence-electron chi connectivity index (χ0n) is 11.1. The van der Waals surface area contributed by atoms with Crippen molar-refractivity contribution >= 4 is 33.4 Å². The Kier molecular flexibility index (Phi) is 5.39. The fourth-order valence-electron chi connectivity index (χ4n) is 1.93. The average Bonchev–Trinajstić information content (AvgIpc) is 3.18. The highest BCUT2D eigenvalue weighted by atomic mass is 79.9. The third-order valence-corrected chi connectivity index (χ3v) is 4.33. The maximum Gasteiger partial charge on any atom is 0.0420 e. The van der Waals surface area contributed by atoms with Gasteiger partial charge in [0.1, 0.15) is 0 Å². The Morgan fingerprint density at radius 3 is 2.89 bits per heavy atom. The monoisotopic (exact) mass is 328 g/mol. The van der Waals surface area contributed by atoms with Crippen LogP contribution in [0.5, 0.6) is 0 Å². The summed E-state index contributed by atoms with van der Waals surface area (Å²) >= 11 is 5.47. The maximum absolute atomic E-state index is 3.60. The van der Waals surface area contributed by atoms with Crippen molar-refractivity contribution in [2.45, 2.75) is 25.4 Å². The average molecular weight is 329 g/mol. The fraction of sp³-hybridized carbons (Fsp3) is 0.571. The molecule has 1 saturated carbocycles. The molecule has 0 saturated heterocycles. The summed E-state index contributed by atoms with van der Waals surface area (Å²) in [5, 5.41) is 3.60. The van der Waals surface area contributed by atoms with Crippen LogP contribution in [0.2, 0.25) is 0 Å². The van der Waals surface area contributed by atoms with Crippen molar-refractivity contribution in [1.82, 2.24) is 5.32 Å². The Balaban J connectivity index is 2.05. The van der Waals surface area contributed by atoms with Crippen LogP contribution in [0.25, 0.3) is 0 Å². The van der Waals surface area contributed by atoms with Crippen molar-refractivity contribution in [3.8, 4) is 0 Å². The summed E-state index contributed by atoms with van der Waals surface area (Å²) in [7, 11) is 2.18. The molecular formula is C14H21BrN2S. The zero-order chi connectivity index (χ0) is 13.0. The third kappa shape index (κ3) is 4.18. The molecule has 1 N–H and O–H groups in total. The summed E-state index contributed by atoms with van der Waals surface area (Å²) < 4.78 is 1.16. The second-order valence-electron chi connectivity index (χ2n) is 4.84. The Morgan fingerprint density at radius 1 is 1.44 bits per heavy atom.